The van der Waals surface area contributed by atoms with Gasteiger partial charge in [-0.15, -0.1) is 0 Å². The molecule has 2 aliphatic rings. The number of amides is 2. The molecule has 0 aromatic heterocycles. The lowest BCUT2D eigenvalue weighted by Gasteiger charge is -2.23. The van der Waals surface area contributed by atoms with Crippen LogP contribution >= 0.6 is 0 Å². The van der Waals surface area contributed by atoms with Crippen LogP contribution in [0.25, 0.3) is 0 Å². The zero-order valence-electron chi connectivity index (χ0n) is 16.3. The van der Waals surface area contributed by atoms with Crippen LogP contribution in [0.3, 0.4) is 0 Å². The first-order chi connectivity index (χ1) is 13.2. The highest BCUT2D eigenvalue weighted by Gasteiger charge is 2.53. The Bertz CT molecular complexity index is 830. The topological polar surface area (TPSA) is 98.8 Å². The van der Waals surface area contributed by atoms with Crippen LogP contribution in [0, 0.1) is 5.41 Å². The Morgan fingerprint density at radius 2 is 2.07 bits per heavy atom. The first kappa shape index (κ1) is 20.6. The molecule has 0 saturated carbocycles. The van der Waals surface area contributed by atoms with Crippen molar-refractivity contribution < 1.29 is 18.0 Å². The standard InChI is InChI=1S/C19H28N4O4S/c1-3-22(15-7-5-4-6-8-15)12-10-20-17(24)16-13-19(18(25)21-16)9-11-23(14-19)28(2,26)27/h4-8,16H,3,9-14H2,1-2H3,(H,20,24)(H,21,25)/t16-,19+/m0/s1. The number of hydrogen-bond acceptors (Lipinski definition) is 5. The molecule has 2 atom stereocenters. The molecule has 0 radical (unpaired) electrons. The smallest absolute Gasteiger partial charge is 0.242 e. The van der Waals surface area contributed by atoms with Crippen molar-refractivity contribution in [1.29, 1.82) is 0 Å². The highest BCUT2D eigenvalue weighted by Crippen LogP contribution is 2.40. The van der Waals surface area contributed by atoms with Crippen LogP contribution in [0.15, 0.2) is 30.3 Å². The summed E-state index contributed by atoms with van der Waals surface area (Å²) in [5.41, 5.74) is 0.309. The van der Waals surface area contributed by atoms with Crippen LogP contribution in [0.5, 0.6) is 0 Å². The predicted octanol–water partition coefficient (Wildman–Crippen LogP) is 0.169. The quantitative estimate of drug-likeness (QED) is 0.670. The molecule has 2 N–H and O–H groups in total. The van der Waals surface area contributed by atoms with Crippen LogP contribution in [0.1, 0.15) is 19.8 Å². The normalized spacial score (nSPS) is 25.1. The van der Waals surface area contributed by atoms with Crippen LogP contribution < -0.4 is 15.5 Å². The van der Waals surface area contributed by atoms with Crippen molar-refractivity contribution >= 4 is 27.5 Å². The van der Waals surface area contributed by atoms with Crippen molar-refractivity contribution in [3.05, 3.63) is 30.3 Å². The third kappa shape index (κ3) is 4.30. The zero-order chi connectivity index (χ0) is 20.4. The molecule has 2 heterocycles. The number of para-hydroxylation sites is 1. The lowest BCUT2D eigenvalue weighted by Crippen LogP contribution is -2.44. The molecule has 2 amide bonds. The maximum absolute atomic E-state index is 12.5. The number of benzene rings is 1. The Labute approximate surface area is 166 Å². The average molecular weight is 409 g/mol. The Kier molecular flexibility index (Phi) is 5.95. The van der Waals surface area contributed by atoms with E-state index in [-0.39, 0.29) is 18.4 Å². The number of nitrogens with zero attached hydrogens (tertiary/aromatic N) is 2. The molecule has 0 bridgehead atoms. The summed E-state index contributed by atoms with van der Waals surface area (Å²) in [5, 5.41) is 5.66. The van der Waals surface area contributed by atoms with Crippen LogP contribution in [-0.4, -0.2) is 69.6 Å². The number of anilines is 1. The highest BCUT2D eigenvalue weighted by molar-refractivity contribution is 7.88. The molecule has 28 heavy (non-hydrogen) atoms. The molecule has 154 valence electrons. The number of carbonyl (C=O) groups is 2. The summed E-state index contributed by atoms with van der Waals surface area (Å²) in [6, 6.07) is 9.36. The molecule has 1 aromatic carbocycles. The number of rotatable bonds is 7. The van der Waals surface area contributed by atoms with Gasteiger partial charge in [-0.05, 0) is 31.9 Å². The number of nitrogens with one attached hydrogen (secondary N) is 2. The summed E-state index contributed by atoms with van der Waals surface area (Å²) < 4.78 is 24.8. The molecule has 8 nitrogen and oxygen atoms in total. The Balaban J connectivity index is 1.53. The highest BCUT2D eigenvalue weighted by atomic mass is 32.2. The second kappa shape index (κ2) is 8.08. The van der Waals surface area contributed by atoms with E-state index in [9.17, 15) is 18.0 Å². The lowest BCUT2D eigenvalue weighted by atomic mass is 9.84. The van der Waals surface area contributed by atoms with Gasteiger partial charge in [-0.25, -0.2) is 12.7 Å². The molecule has 3 rings (SSSR count). The molecule has 9 heteroatoms. The number of likely N-dealkylation sites (N-methyl/N-ethyl adjacent to an activating group) is 1. The van der Waals surface area contributed by atoms with Gasteiger partial charge in [0, 0.05) is 38.4 Å². The third-order valence-corrected chi connectivity index (χ3v) is 6.92. The monoisotopic (exact) mass is 408 g/mol. The van der Waals surface area contributed by atoms with Crippen molar-refractivity contribution in [2.45, 2.75) is 25.8 Å². The first-order valence-electron chi connectivity index (χ1n) is 9.59. The molecule has 0 aliphatic carbocycles. The van der Waals surface area contributed by atoms with Gasteiger partial charge in [0.2, 0.25) is 21.8 Å². The van der Waals surface area contributed by atoms with E-state index in [1.54, 1.807) is 0 Å². The van der Waals surface area contributed by atoms with E-state index in [1.165, 1.54) is 4.31 Å². The molecular weight excluding hydrogens is 380 g/mol. The van der Waals surface area contributed by atoms with Crippen molar-refractivity contribution in [2.24, 2.45) is 5.41 Å². The van der Waals surface area contributed by atoms with Gasteiger partial charge in [0.05, 0.1) is 11.7 Å². The zero-order valence-corrected chi connectivity index (χ0v) is 17.2. The summed E-state index contributed by atoms with van der Waals surface area (Å²) >= 11 is 0. The first-order valence-corrected chi connectivity index (χ1v) is 11.4. The summed E-state index contributed by atoms with van der Waals surface area (Å²) in [7, 11) is -3.33. The number of hydrogen-bond donors (Lipinski definition) is 2. The van der Waals surface area contributed by atoms with Crippen LogP contribution in [0.4, 0.5) is 5.69 Å². The van der Waals surface area contributed by atoms with Gasteiger partial charge < -0.3 is 15.5 Å². The fourth-order valence-electron chi connectivity index (χ4n) is 4.02. The largest absolute Gasteiger partial charge is 0.370 e. The maximum Gasteiger partial charge on any atom is 0.242 e. The summed E-state index contributed by atoms with van der Waals surface area (Å²) in [5.74, 6) is -0.439. The van der Waals surface area contributed by atoms with E-state index in [1.807, 2.05) is 30.3 Å². The summed E-state index contributed by atoms with van der Waals surface area (Å²) in [4.78, 5) is 27.2. The van der Waals surface area contributed by atoms with Gasteiger partial charge in [-0.3, -0.25) is 9.59 Å². The molecule has 2 aliphatic heterocycles. The molecule has 2 fully saturated rings. The van der Waals surface area contributed by atoms with Crippen molar-refractivity contribution in [2.75, 3.05) is 43.9 Å². The van der Waals surface area contributed by atoms with Gasteiger partial charge in [-0.2, -0.15) is 0 Å². The van der Waals surface area contributed by atoms with Crippen molar-refractivity contribution in [3.63, 3.8) is 0 Å². The molecule has 1 aromatic rings. The minimum absolute atomic E-state index is 0.152. The minimum atomic E-state index is -3.33. The van der Waals surface area contributed by atoms with E-state index < -0.39 is 21.5 Å². The third-order valence-electron chi connectivity index (χ3n) is 5.67. The van der Waals surface area contributed by atoms with Crippen molar-refractivity contribution in [1.82, 2.24) is 14.9 Å². The molecule has 1 spiro atoms. The van der Waals surface area contributed by atoms with Gasteiger partial charge in [0.25, 0.3) is 0 Å². The molecule has 0 unspecified atom stereocenters. The maximum atomic E-state index is 12.5. The lowest BCUT2D eigenvalue weighted by molar-refractivity contribution is -0.128. The summed E-state index contributed by atoms with van der Waals surface area (Å²) in [6.45, 7) is 4.49. The Morgan fingerprint density at radius 1 is 1.36 bits per heavy atom. The Hall–Kier alpha value is -2.13. The molecular formula is C19H28N4O4S. The van der Waals surface area contributed by atoms with Crippen LogP contribution in [0.2, 0.25) is 0 Å². The van der Waals surface area contributed by atoms with E-state index in [2.05, 4.69) is 22.5 Å². The van der Waals surface area contributed by atoms with Crippen molar-refractivity contribution in [3.8, 4) is 0 Å². The van der Waals surface area contributed by atoms with Gasteiger partial charge >= 0.3 is 0 Å². The SMILES string of the molecule is CCN(CCNC(=O)[C@@H]1C[C@@]2(CCN(S(C)(=O)=O)C2)C(=O)N1)c1ccccc1. The predicted molar refractivity (Wildman–Crippen MR) is 107 cm³/mol. The summed E-state index contributed by atoms with van der Waals surface area (Å²) in [6.07, 6.45) is 1.93. The second-order valence-electron chi connectivity index (χ2n) is 7.56. The van der Waals surface area contributed by atoms with E-state index in [4.69, 9.17) is 0 Å². The van der Waals surface area contributed by atoms with E-state index >= 15 is 0 Å². The van der Waals surface area contributed by atoms with E-state index in [0.29, 0.717) is 32.5 Å². The van der Waals surface area contributed by atoms with Crippen LogP contribution in [-0.2, 0) is 19.6 Å². The van der Waals surface area contributed by atoms with Gasteiger partial charge in [-0.1, -0.05) is 18.2 Å². The van der Waals surface area contributed by atoms with Gasteiger partial charge in [0.1, 0.15) is 6.04 Å². The fraction of sp³-hybridized carbons (Fsp3) is 0.579. The number of sulfonamides is 1. The minimum Gasteiger partial charge on any atom is -0.370 e. The van der Waals surface area contributed by atoms with Gasteiger partial charge in [0.15, 0.2) is 0 Å². The number of carbonyl (C=O) groups excluding carboxylic acids is 2. The average Bonchev–Trinajstić information content (AvgIpc) is 3.24. The van der Waals surface area contributed by atoms with E-state index in [0.717, 1.165) is 18.5 Å². The second-order valence-corrected chi connectivity index (χ2v) is 9.55. The molecule has 2 saturated heterocycles. The fourth-order valence-corrected chi connectivity index (χ4v) is 4.92. The Morgan fingerprint density at radius 3 is 2.68 bits per heavy atom.